The first kappa shape index (κ1) is 16.4. The number of ether oxygens (including phenoxy) is 1. The molecule has 0 radical (unpaired) electrons. The number of hydrogen-bond acceptors (Lipinski definition) is 7. The van der Waals surface area contributed by atoms with Crippen LogP contribution in [0.5, 0.6) is 0 Å². The summed E-state index contributed by atoms with van der Waals surface area (Å²) in [5, 5.41) is 22.8. The van der Waals surface area contributed by atoms with Gasteiger partial charge in [-0.25, -0.2) is 0 Å². The van der Waals surface area contributed by atoms with Gasteiger partial charge in [-0.05, 0) is 29.0 Å². The van der Waals surface area contributed by atoms with Gasteiger partial charge in [0.25, 0.3) is 0 Å². The van der Waals surface area contributed by atoms with Crippen LogP contribution in [0.3, 0.4) is 0 Å². The highest BCUT2D eigenvalue weighted by atomic mass is 32.2. The molecule has 1 aliphatic heterocycles. The van der Waals surface area contributed by atoms with Gasteiger partial charge in [0.15, 0.2) is 0 Å². The number of tetrazole rings is 1. The van der Waals surface area contributed by atoms with Crippen molar-refractivity contribution in [3.8, 4) is 5.69 Å². The number of rotatable bonds is 6. The first-order valence-electron chi connectivity index (χ1n) is 7.69. The van der Waals surface area contributed by atoms with E-state index in [0.717, 1.165) is 37.6 Å². The fourth-order valence-corrected chi connectivity index (χ4v) is 3.32. The third-order valence-electron chi connectivity index (χ3n) is 3.76. The number of morpholine rings is 1. The zero-order chi connectivity index (χ0) is 16.1. The molecule has 7 nitrogen and oxygen atoms in total. The molecule has 1 saturated heterocycles. The molecule has 1 N–H and O–H groups in total. The van der Waals surface area contributed by atoms with Crippen LogP contribution in [0.2, 0.25) is 0 Å². The van der Waals surface area contributed by atoms with Crippen LogP contribution in [0.4, 0.5) is 0 Å². The minimum atomic E-state index is -0.417. The van der Waals surface area contributed by atoms with Crippen molar-refractivity contribution in [2.75, 3.05) is 38.6 Å². The SMILES string of the molecule is Cc1ccccc1-n1nnnc1SC[C@@H](O)CN1CCOCC1. The highest BCUT2D eigenvalue weighted by Crippen LogP contribution is 2.21. The largest absolute Gasteiger partial charge is 0.391 e. The quantitative estimate of drug-likeness (QED) is 0.781. The zero-order valence-electron chi connectivity index (χ0n) is 13.1. The van der Waals surface area contributed by atoms with Gasteiger partial charge < -0.3 is 9.84 Å². The molecular weight excluding hydrogens is 314 g/mol. The Bertz CT molecular complexity index is 630. The molecule has 2 heterocycles. The van der Waals surface area contributed by atoms with Crippen LogP contribution in [0.25, 0.3) is 5.69 Å². The summed E-state index contributed by atoms with van der Waals surface area (Å²) in [5.74, 6) is 0.559. The van der Waals surface area contributed by atoms with E-state index >= 15 is 0 Å². The number of aliphatic hydroxyl groups is 1. The van der Waals surface area contributed by atoms with Crippen LogP contribution in [-0.4, -0.2) is 74.9 Å². The Morgan fingerprint density at radius 1 is 1.30 bits per heavy atom. The molecule has 124 valence electrons. The van der Waals surface area contributed by atoms with Crippen molar-refractivity contribution in [3.05, 3.63) is 29.8 Å². The summed E-state index contributed by atoms with van der Waals surface area (Å²) < 4.78 is 7.04. The van der Waals surface area contributed by atoms with Gasteiger partial charge in [-0.3, -0.25) is 4.90 Å². The maximum atomic E-state index is 10.2. The maximum Gasteiger partial charge on any atom is 0.214 e. The maximum absolute atomic E-state index is 10.2. The zero-order valence-corrected chi connectivity index (χ0v) is 13.9. The second kappa shape index (κ2) is 7.87. The lowest BCUT2D eigenvalue weighted by Gasteiger charge is -2.28. The Morgan fingerprint density at radius 2 is 2.09 bits per heavy atom. The molecule has 1 aliphatic rings. The monoisotopic (exact) mass is 335 g/mol. The van der Waals surface area contributed by atoms with E-state index < -0.39 is 6.10 Å². The lowest BCUT2D eigenvalue weighted by atomic mass is 10.2. The number of aromatic nitrogens is 4. The first-order valence-corrected chi connectivity index (χ1v) is 8.68. The number of nitrogens with zero attached hydrogens (tertiary/aromatic N) is 5. The lowest BCUT2D eigenvalue weighted by molar-refractivity contribution is 0.0188. The Hall–Kier alpha value is -1.48. The molecule has 0 amide bonds. The van der Waals surface area contributed by atoms with Crippen LogP contribution >= 0.6 is 11.8 Å². The Labute approximate surface area is 139 Å². The number of hydrogen-bond donors (Lipinski definition) is 1. The molecule has 2 aromatic rings. The van der Waals surface area contributed by atoms with E-state index in [2.05, 4.69) is 20.4 Å². The highest BCUT2D eigenvalue weighted by molar-refractivity contribution is 7.99. The Balaban J connectivity index is 1.59. The summed E-state index contributed by atoms with van der Waals surface area (Å²) in [6.07, 6.45) is -0.417. The average Bonchev–Trinajstić information content (AvgIpc) is 3.03. The topological polar surface area (TPSA) is 76.3 Å². The molecule has 1 aromatic heterocycles. The normalized spacial score (nSPS) is 17.3. The second-order valence-electron chi connectivity index (χ2n) is 5.54. The van der Waals surface area contributed by atoms with E-state index in [4.69, 9.17) is 4.74 Å². The number of benzene rings is 1. The molecule has 0 bridgehead atoms. The van der Waals surface area contributed by atoms with Crippen LogP contribution in [0, 0.1) is 6.92 Å². The molecule has 0 spiro atoms. The standard InChI is InChI=1S/C15H21N5O2S/c1-12-4-2-3-5-14(12)20-15(16-17-18-20)23-11-13(21)10-19-6-8-22-9-7-19/h2-5,13,21H,6-11H2,1H3/t13-/m0/s1. The van der Waals surface area contributed by atoms with Crippen LogP contribution in [0.1, 0.15) is 5.56 Å². The number of thioether (sulfide) groups is 1. The van der Waals surface area contributed by atoms with Crippen molar-refractivity contribution in [2.24, 2.45) is 0 Å². The van der Waals surface area contributed by atoms with Gasteiger partial charge in [0.1, 0.15) is 0 Å². The molecule has 23 heavy (non-hydrogen) atoms. The number of β-amino-alcohol motifs (C(OH)–C–C–N with tert-alkyl or cyclic N) is 1. The molecule has 0 saturated carbocycles. The van der Waals surface area contributed by atoms with Crippen molar-refractivity contribution in [3.63, 3.8) is 0 Å². The fraction of sp³-hybridized carbons (Fsp3) is 0.533. The van der Waals surface area contributed by atoms with Crippen molar-refractivity contribution in [2.45, 2.75) is 18.2 Å². The molecule has 8 heteroatoms. The van der Waals surface area contributed by atoms with Crippen LogP contribution < -0.4 is 0 Å². The summed E-state index contributed by atoms with van der Waals surface area (Å²) in [4.78, 5) is 2.22. The predicted octanol–water partition coefficient (Wildman–Crippen LogP) is 0.756. The third kappa shape index (κ3) is 4.29. The van der Waals surface area contributed by atoms with Crippen LogP contribution in [-0.2, 0) is 4.74 Å². The molecule has 0 aliphatic carbocycles. The Morgan fingerprint density at radius 3 is 2.87 bits per heavy atom. The van der Waals surface area contributed by atoms with Gasteiger partial charge in [0.05, 0.1) is 25.0 Å². The van der Waals surface area contributed by atoms with Gasteiger partial charge in [-0.15, -0.1) is 5.10 Å². The first-order chi connectivity index (χ1) is 11.2. The minimum Gasteiger partial charge on any atom is -0.391 e. The van der Waals surface area contributed by atoms with E-state index in [-0.39, 0.29) is 0 Å². The molecular formula is C15H21N5O2S. The number of aryl methyl sites for hydroxylation is 1. The number of para-hydroxylation sites is 1. The summed E-state index contributed by atoms with van der Waals surface area (Å²) in [5.41, 5.74) is 2.07. The summed E-state index contributed by atoms with van der Waals surface area (Å²) in [6.45, 7) is 5.92. The van der Waals surface area contributed by atoms with E-state index in [1.807, 2.05) is 31.2 Å². The summed E-state index contributed by atoms with van der Waals surface area (Å²) >= 11 is 1.47. The summed E-state index contributed by atoms with van der Waals surface area (Å²) in [6, 6.07) is 7.96. The second-order valence-corrected chi connectivity index (χ2v) is 6.52. The molecule has 3 rings (SSSR count). The van der Waals surface area contributed by atoms with E-state index in [0.29, 0.717) is 17.5 Å². The van der Waals surface area contributed by atoms with Gasteiger partial charge >= 0.3 is 0 Å². The molecule has 0 unspecified atom stereocenters. The van der Waals surface area contributed by atoms with E-state index in [9.17, 15) is 5.11 Å². The van der Waals surface area contributed by atoms with Crippen molar-refractivity contribution < 1.29 is 9.84 Å². The molecule has 1 atom stereocenters. The van der Waals surface area contributed by atoms with E-state index in [1.54, 1.807) is 4.68 Å². The fourth-order valence-electron chi connectivity index (χ4n) is 2.53. The summed E-state index contributed by atoms with van der Waals surface area (Å²) in [7, 11) is 0. The highest BCUT2D eigenvalue weighted by Gasteiger charge is 2.17. The Kier molecular flexibility index (Phi) is 5.60. The average molecular weight is 335 g/mol. The minimum absolute atomic E-state index is 0.417. The number of aliphatic hydroxyl groups excluding tert-OH is 1. The molecule has 1 aromatic carbocycles. The van der Waals surface area contributed by atoms with Gasteiger partial charge in [-0.1, -0.05) is 30.0 Å². The van der Waals surface area contributed by atoms with Gasteiger partial charge in [0, 0.05) is 25.4 Å². The van der Waals surface area contributed by atoms with Gasteiger partial charge in [-0.2, -0.15) is 4.68 Å². The lowest BCUT2D eigenvalue weighted by Crippen LogP contribution is -2.41. The predicted molar refractivity (Wildman–Crippen MR) is 87.9 cm³/mol. The van der Waals surface area contributed by atoms with Crippen molar-refractivity contribution in [1.82, 2.24) is 25.1 Å². The smallest absolute Gasteiger partial charge is 0.214 e. The van der Waals surface area contributed by atoms with E-state index in [1.165, 1.54) is 11.8 Å². The van der Waals surface area contributed by atoms with Crippen molar-refractivity contribution in [1.29, 1.82) is 0 Å². The third-order valence-corrected chi connectivity index (χ3v) is 4.83. The molecule has 1 fully saturated rings. The van der Waals surface area contributed by atoms with Crippen molar-refractivity contribution >= 4 is 11.8 Å². The van der Waals surface area contributed by atoms with Gasteiger partial charge in [0.2, 0.25) is 5.16 Å². The van der Waals surface area contributed by atoms with Crippen LogP contribution in [0.15, 0.2) is 29.4 Å².